The van der Waals surface area contributed by atoms with E-state index in [1.165, 1.54) is 6.07 Å². The zero-order chi connectivity index (χ0) is 22.1. The summed E-state index contributed by atoms with van der Waals surface area (Å²) in [5, 5.41) is 11.0. The third-order valence-corrected chi connectivity index (χ3v) is 5.09. The van der Waals surface area contributed by atoms with Crippen molar-refractivity contribution < 1.29 is 22.7 Å². The predicted molar refractivity (Wildman–Crippen MR) is 112 cm³/mol. The second-order valence-electron chi connectivity index (χ2n) is 7.44. The van der Waals surface area contributed by atoms with E-state index in [1.807, 2.05) is 36.1 Å². The first-order valence-electron chi connectivity index (χ1n) is 10.5. The minimum absolute atomic E-state index is 0.457. The number of ether oxygens (including phenoxy) is 1. The quantitative estimate of drug-likeness (QED) is 0.317. The summed E-state index contributed by atoms with van der Waals surface area (Å²) >= 11 is 0. The molecule has 31 heavy (non-hydrogen) atoms. The Morgan fingerprint density at radius 2 is 1.97 bits per heavy atom. The topological polar surface area (TPSA) is 59.8 Å². The molecule has 0 aliphatic carbocycles. The van der Waals surface area contributed by atoms with Gasteiger partial charge < -0.3 is 14.5 Å². The minimum atomic E-state index is -4.46. The normalized spacial score (nSPS) is 17.2. The van der Waals surface area contributed by atoms with E-state index in [2.05, 4.69) is 15.4 Å². The molecule has 6 nitrogen and oxygen atoms in total. The van der Waals surface area contributed by atoms with E-state index in [0.717, 1.165) is 56.2 Å². The molecular weight excluding hydrogens is 409 g/mol. The third-order valence-electron chi connectivity index (χ3n) is 5.09. The van der Waals surface area contributed by atoms with Gasteiger partial charge in [-0.2, -0.15) is 13.2 Å². The Labute approximate surface area is 180 Å². The number of alkyl halides is 3. The number of halogens is 3. The summed E-state index contributed by atoms with van der Waals surface area (Å²) in [6.07, 6.45) is 1.17. The second kappa shape index (κ2) is 11.0. The predicted octanol–water partition coefficient (Wildman–Crippen LogP) is 4.94. The number of hydrogen-bond acceptors (Lipinski definition) is 6. The Hall–Kier alpha value is -2.84. The van der Waals surface area contributed by atoms with Gasteiger partial charge in [-0.1, -0.05) is 5.16 Å². The lowest BCUT2D eigenvalue weighted by atomic mass is 9.93. The second-order valence-corrected chi connectivity index (χ2v) is 7.44. The maximum atomic E-state index is 12.7. The van der Waals surface area contributed by atoms with Gasteiger partial charge in [0.05, 0.1) is 12.8 Å². The van der Waals surface area contributed by atoms with Gasteiger partial charge in [0.15, 0.2) is 11.5 Å². The molecular formula is C22H27F3N4O2. The van der Waals surface area contributed by atoms with Crippen molar-refractivity contribution in [3.05, 3.63) is 47.7 Å². The first-order chi connectivity index (χ1) is 15.0. The molecule has 2 heterocycles. The molecule has 0 amide bonds. The van der Waals surface area contributed by atoms with Crippen LogP contribution in [-0.4, -0.2) is 42.7 Å². The number of aromatic nitrogens is 2. The standard InChI is InChI=1S/C22H27F3N4O2/c1-2-31-26-15-17-7-9-19(10-8-17)30-14-4-6-18-5-3-13-29(16-18)21-12-11-20(27-28-21)22(23,24)25/h7-12,15,18H,2-6,13-14,16H2,1H3. The van der Waals surface area contributed by atoms with Crippen LogP contribution in [0.25, 0.3) is 0 Å². The summed E-state index contributed by atoms with van der Waals surface area (Å²) in [5.41, 5.74) is -0.0222. The van der Waals surface area contributed by atoms with Crippen LogP contribution in [0.5, 0.6) is 5.75 Å². The van der Waals surface area contributed by atoms with Crippen molar-refractivity contribution in [2.24, 2.45) is 11.1 Å². The highest BCUT2D eigenvalue weighted by atomic mass is 19.4. The molecule has 1 aliphatic rings. The number of oxime groups is 1. The van der Waals surface area contributed by atoms with Gasteiger partial charge in [-0.05, 0) is 80.5 Å². The number of benzene rings is 1. The number of anilines is 1. The Balaban J connectivity index is 1.41. The number of hydrogen-bond donors (Lipinski definition) is 0. The van der Waals surface area contributed by atoms with Crippen LogP contribution in [0.3, 0.4) is 0 Å². The van der Waals surface area contributed by atoms with E-state index in [1.54, 1.807) is 6.21 Å². The summed E-state index contributed by atoms with van der Waals surface area (Å²) < 4.78 is 43.8. The van der Waals surface area contributed by atoms with Crippen LogP contribution in [0.4, 0.5) is 19.0 Å². The fourth-order valence-corrected chi connectivity index (χ4v) is 3.54. The Morgan fingerprint density at radius 1 is 1.16 bits per heavy atom. The first-order valence-corrected chi connectivity index (χ1v) is 10.5. The lowest BCUT2D eigenvalue weighted by molar-refractivity contribution is -0.141. The van der Waals surface area contributed by atoms with Crippen LogP contribution in [-0.2, 0) is 11.0 Å². The van der Waals surface area contributed by atoms with Gasteiger partial charge in [0.25, 0.3) is 0 Å². The summed E-state index contributed by atoms with van der Waals surface area (Å²) in [6.45, 7) is 4.58. The van der Waals surface area contributed by atoms with Crippen LogP contribution >= 0.6 is 0 Å². The monoisotopic (exact) mass is 436 g/mol. The smallest absolute Gasteiger partial charge is 0.435 e. The third kappa shape index (κ3) is 7.11. The van der Waals surface area contributed by atoms with E-state index in [4.69, 9.17) is 9.57 Å². The fraction of sp³-hybridized carbons (Fsp3) is 0.500. The van der Waals surface area contributed by atoms with E-state index >= 15 is 0 Å². The van der Waals surface area contributed by atoms with E-state index in [-0.39, 0.29) is 0 Å². The van der Waals surface area contributed by atoms with Gasteiger partial charge in [0, 0.05) is 13.1 Å². The molecule has 1 saturated heterocycles. The molecule has 1 unspecified atom stereocenters. The zero-order valence-electron chi connectivity index (χ0n) is 17.5. The first kappa shape index (κ1) is 22.8. The van der Waals surface area contributed by atoms with Gasteiger partial charge in [0.1, 0.15) is 12.4 Å². The molecule has 1 aromatic heterocycles. The lowest BCUT2D eigenvalue weighted by Gasteiger charge is -2.33. The molecule has 9 heteroatoms. The molecule has 0 bridgehead atoms. The van der Waals surface area contributed by atoms with Crippen molar-refractivity contribution >= 4 is 12.0 Å². The van der Waals surface area contributed by atoms with Crippen molar-refractivity contribution in [2.75, 3.05) is 31.2 Å². The highest BCUT2D eigenvalue weighted by molar-refractivity contribution is 5.79. The van der Waals surface area contributed by atoms with Crippen LogP contribution in [0, 0.1) is 5.92 Å². The average Bonchev–Trinajstić information content (AvgIpc) is 2.78. The molecule has 168 valence electrons. The summed E-state index contributed by atoms with van der Waals surface area (Å²) in [6, 6.07) is 10.0. The zero-order valence-corrected chi connectivity index (χ0v) is 17.5. The molecule has 0 radical (unpaired) electrons. The van der Waals surface area contributed by atoms with E-state index in [0.29, 0.717) is 24.9 Å². The van der Waals surface area contributed by atoms with Gasteiger partial charge in [-0.3, -0.25) is 0 Å². The van der Waals surface area contributed by atoms with Crippen molar-refractivity contribution in [1.82, 2.24) is 10.2 Å². The summed E-state index contributed by atoms with van der Waals surface area (Å²) in [7, 11) is 0. The molecule has 2 aromatic rings. The molecule has 1 aliphatic heterocycles. The van der Waals surface area contributed by atoms with Crippen LogP contribution < -0.4 is 9.64 Å². The number of piperidine rings is 1. The van der Waals surface area contributed by atoms with Crippen LogP contribution in [0.15, 0.2) is 41.6 Å². The molecule has 0 N–H and O–H groups in total. The highest BCUT2D eigenvalue weighted by Crippen LogP contribution is 2.29. The Bertz CT molecular complexity index is 826. The highest BCUT2D eigenvalue weighted by Gasteiger charge is 2.33. The molecule has 1 aromatic carbocycles. The molecule has 0 spiro atoms. The maximum Gasteiger partial charge on any atom is 0.435 e. The minimum Gasteiger partial charge on any atom is -0.494 e. The Morgan fingerprint density at radius 3 is 2.65 bits per heavy atom. The van der Waals surface area contributed by atoms with Gasteiger partial charge in [-0.15, -0.1) is 10.2 Å². The fourth-order valence-electron chi connectivity index (χ4n) is 3.54. The largest absolute Gasteiger partial charge is 0.494 e. The Kier molecular flexibility index (Phi) is 8.08. The van der Waals surface area contributed by atoms with Crippen molar-refractivity contribution in [1.29, 1.82) is 0 Å². The van der Waals surface area contributed by atoms with Crippen LogP contribution in [0.2, 0.25) is 0 Å². The van der Waals surface area contributed by atoms with E-state index < -0.39 is 11.9 Å². The maximum absolute atomic E-state index is 12.7. The van der Waals surface area contributed by atoms with Crippen LogP contribution in [0.1, 0.15) is 43.9 Å². The number of rotatable bonds is 9. The molecule has 1 fully saturated rings. The van der Waals surface area contributed by atoms with Crippen molar-refractivity contribution in [3.63, 3.8) is 0 Å². The van der Waals surface area contributed by atoms with Crippen molar-refractivity contribution in [2.45, 2.75) is 38.8 Å². The lowest BCUT2D eigenvalue weighted by Crippen LogP contribution is -2.36. The summed E-state index contributed by atoms with van der Waals surface area (Å²) in [4.78, 5) is 6.96. The summed E-state index contributed by atoms with van der Waals surface area (Å²) in [5.74, 6) is 1.76. The van der Waals surface area contributed by atoms with Gasteiger partial charge in [-0.25, -0.2) is 0 Å². The van der Waals surface area contributed by atoms with Crippen molar-refractivity contribution in [3.8, 4) is 5.75 Å². The molecule has 3 rings (SSSR count). The molecule has 0 saturated carbocycles. The number of nitrogens with zero attached hydrogens (tertiary/aromatic N) is 4. The molecule has 1 atom stereocenters. The average molecular weight is 436 g/mol. The SMILES string of the molecule is CCON=Cc1ccc(OCCCC2CCCN(c3ccc(C(F)(F)F)nn3)C2)cc1. The van der Waals surface area contributed by atoms with E-state index in [9.17, 15) is 13.2 Å². The van der Waals surface area contributed by atoms with Gasteiger partial charge in [0.2, 0.25) is 0 Å². The van der Waals surface area contributed by atoms with Gasteiger partial charge >= 0.3 is 6.18 Å².